The van der Waals surface area contributed by atoms with Crippen LogP contribution in [0.15, 0.2) is 48.1 Å². The number of anilines is 1. The van der Waals surface area contributed by atoms with E-state index in [2.05, 4.69) is 22.1 Å². The highest BCUT2D eigenvalue weighted by Gasteiger charge is 2.21. The average molecular weight is 501 g/mol. The first-order valence-electron chi connectivity index (χ1n) is 10.8. The summed E-state index contributed by atoms with van der Waals surface area (Å²) in [5.74, 6) is 0.815. The van der Waals surface area contributed by atoms with Gasteiger partial charge in [0.2, 0.25) is 5.91 Å². The highest BCUT2D eigenvalue weighted by atomic mass is 32.2. The lowest BCUT2D eigenvalue weighted by Crippen LogP contribution is -2.17. The molecule has 0 aliphatic heterocycles. The van der Waals surface area contributed by atoms with Crippen LogP contribution in [0.5, 0.6) is 5.75 Å². The van der Waals surface area contributed by atoms with Gasteiger partial charge in [0.25, 0.3) is 0 Å². The molecule has 0 saturated carbocycles. The third-order valence-corrected chi connectivity index (χ3v) is 6.69. The van der Waals surface area contributed by atoms with Crippen molar-refractivity contribution in [1.29, 1.82) is 0 Å². The summed E-state index contributed by atoms with van der Waals surface area (Å²) >= 11 is 2.59. The molecule has 10 heteroatoms. The zero-order chi connectivity index (χ0) is 24.7. The second-order valence-electron chi connectivity index (χ2n) is 7.42. The Kier molecular flexibility index (Phi) is 8.89. The Morgan fingerprint density at radius 2 is 2.06 bits per heavy atom. The minimum absolute atomic E-state index is 0.0987. The van der Waals surface area contributed by atoms with Crippen molar-refractivity contribution in [3.63, 3.8) is 0 Å². The van der Waals surface area contributed by atoms with Crippen LogP contribution in [-0.4, -0.2) is 39.0 Å². The number of hydrogen-bond donors (Lipinski definition) is 1. The van der Waals surface area contributed by atoms with Crippen LogP contribution in [-0.2, 0) is 16.1 Å². The quantitative estimate of drug-likeness (QED) is 0.220. The topological polar surface area (TPSA) is 95.3 Å². The average Bonchev–Trinajstić information content (AvgIpc) is 3.37. The first-order chi connectivity index (χ1) is 16.3. The number of nitrogens with zero attached hydrogens (tertiary/aromatic N) is 3. The lowest BCUT2D eigenvalue weighted by molar-refractivity contribution is -0.113. The van der Waals surface area contributed by atoms with E-state index in [9.17, 15) is 9.59 Å². The maximum absolute atomic E-state index is 12.6. The summed E-state index contributed by atoms with van der Waals surface area (Å²) in [7, 11) is 0. The van der Waals surface area contributed by atoms with Crippen molar-refractivity contribution < 1.29 is 19.1 Å². The highest BCUT2D eigenvalue weighted by molar-refractivity contribution is 7.99. The van der Waals surface area contributed by atoms with Gasteiger partial charge in [-0.25, -0.2) is 4.79 Å². The molecule has 0 aliphatic carbocycles. The highest BCUT2D eigenvalue weighted by Crippen LogP contribution is 2.30. The van der Waals surface area contributed by atoms with Gasteiger partial charge >= 0.3 is 5.97 Å². The summed E-state index contributed by atoms with van der Waals surface area (Å²) in [4.78, 5) is 25.7. The van der Waals surface area contributed by atoms with E-state index >= 15 is 0 Å². The summed E-state index contributed by atoms with van der Waals surface area (Å²) in [6, 6.07) is 9.50. The van der Waals surface area contributed by atoms with Crippen LogP contribution < -0.4 is 10.1 Å². The maximum Gasteiger partial charge on any atom is 0.341 e. The zero-order valence-electron chi connectivity index (χ0n) is 19.7. The molecule has 3 aromatic rings. The van der Waals surface area contributed by atoms with Crippen LogP contribution in [0.25, 0.3) is 0 Å². The third-order valence-electron chi connectivity index (χ3n) is 4.75. The fourth-order valence-electron chi connectivity index (χ4n) is 3.20. The molecular formula is C24H28N4O4S2. The number of thiophene rings is 1. The molecule has 1 aromatic carbocycles. The van der Waals surface area contributed by atoms with E-state index in [1.165, 1.54) is 23.1 Å². The van der Waals surface area contributed by atoms with Crippen LogP contribution in [0.2, 0.25) is 0 Å². The predicted octanol–water partition coefficient (Wildman–Crippen LogP) is 5.19. The largest absolute Gasteiger partial charge is 0.482 e. The van der Waals surface area contributed by atoms with Gasteiger partial charge in [-0.3, -0.25) is 9.36 Å². The number of carbonyl (C=O) groups excluding carboxylic acids is 2. The van der Waals surface area contributed by atoms with Gasteiger partial charge in [0.15, 0.2) is 17.1 Å². The number of benzene rings is 1. The summed E-state index contributed by atoms with van der Waals surface area (Å²) in [5, 5.41) is 12.5. The van der Waals surface area contributed by atoms with E-state index in [0.29, 0.717) is 28.1 Å². The van der Waals surface area contributed by atoms with Gasteiger partial charge in [-0.1, -0.05) is 36.0 Å². The molecule has 1 unspecified atom stereocenters. The van der Waals surface area contributed by atoms with Crippen molar-refractivity contribution in [2.24, 2.45) is 0 Å². The van der Waals surface area contributed by atoms with Crippen molar-refractivity contribution in [2.45, 2.75) is 45.5 Å². The molecule has 0 bridgehead atoms. The normalized spacial score (nSPS) is 11.6. The molecule has 8 nitrogen and oxygen atoms in total. The molecule has 180 valence electrons. The van der Waals surface area contributed by atoms with E-state index in [1.807, 2.05) is 49.6 Å². The lowest BCUT2D eigenvalue weighted by Gasteiger charge is -2.17. The number of aryl methyl sites for hydroxylation is 2. The van der Waals surface area contributed by atoms with Gasteiger partial charge in [-0.05, 0) is 45.4 Å². The maximum atomic E-state index is 12.6. The Morgan fingerprint density at radius 1 is 1.29 bits per heavy atom. The lowest BCUT2D eigenvalue weighted by atomic mass is 10.2. The summed E-state index contributed by atoms with van der Waals surface area (Å²) in [6.45, 7) is 12.1. The van der Waals surface area contributed by atoms with Crippen LogP contribution in [0, 0.1) is 13.8 Å². The molecular weight excluding hydrogens is 472 g/mol. The first kappa shape index (κ1) is 25.5. The first-order valence-corrected chi connectivity index (χ1v) is 12.6. The van der Waals surface area contributed by atoms with Crippen LogP contribution in [0.1, 0.15) is 46.6 Å². The monoisotopic (exact) mass is 500 g/mol. The number of para-hydroxylation sites is 1. The second-order valence-corrected chi connectivity index (χ2v) is 9.62. The number of nitrogens with one attached hydrogen (secondary N) is 1. The molecule has 3 rings (SSSR count). The van der Waals surface area contributed by atoms with Gasteiger partial charge in [-0.2, -0.15) is 0 Å². The van der Waals surface area contributed by atoms with Gasteiger partial charge in [0.1, 0.15) is 10.8 Å². The summed E-state index contributed by atoms with van der Waals surface area (Å²) in [5.41, 5.74) is 1.39. The number of carbonyl (C=O) groups is 2. The Morgan fingerprint density at radius 3 is 2.76 bits per heavy atom. The Bertz CT molecular complexity index is 1170. The van der Waals surface area contributed by atoms with Crippen molar-refractivity contribution in [3.05, 3.63) is 64.8 Å². The minimum atomic E-state index is -0.451. The summed E-state index contributed by atoms with van der Waals surface area (Å²) in [6.07, 6.45) is 1.40. The van der Waals surface area contributed by atoms with Crippen LogP contribution in [0.3, 0.4) is 0 Å². The predicted molar refractivity (Wildman–Crippen MR) is 135 cm³/mol. The molecule has 1 atom stereocenters. The number of thioether (sulfide) groups is 1. The molecule has 0 aliphatic rings. The fourth-order valence-corrected chi connectivity index (χ4v) is 4.87. The fraction of sp³-hybridized carbons (Fsp3) is 0.333. The Hall–Kier alpha value is -3.11. The van der Waals surface area contributed by atoms with E-state index in [-0.39, 0.29) is 24.4 Å². The number of esters is 1. The molecule has 2 heterocycles. The van der Waals surface area contributed by atoms with Crippen molar-refractivity contribution in [1.82, 2.24) is 14.8 Å². The van der Waals surface area contributed by atoms with Gasteiger partial charge in [0.05, 0.1) is 17.9 Å². The molecule has 0 spiro atoms. The van der Waals surface area contributed by atoms with E-state index in [1.54, 1.807) is 19.1 Å². The van der Waals surface area contributed by atoms with Gasteiger partial charge in [-0.15, -0.1) is 28.1 Å². The third kappa shape index (κ3) is 6.27. The molecule has 1 amide bonds. The SMILES string of the molecule is C=CCn1c(SCC(=O)Nc2sc(C)cc2C(=O)OCC)nnc1C(C)Oc1ccccc1C. The Labute approximate surface area is 207 Å². The van der Waals surface area contributed by atoms with E-state index < -0.39 is 5.97 Å². The van der Waals surface area contributed by atoms with Crippen molar-refractivity contribution in [2.75, 3.05) is 17.7 Å². The molecule has 1 N–H and O–H groups in total. The van der Waals surface area contributed by atoms with E-state index in [0.717, 1.165) is 16.2 Å². The van der Waals surface area contributed by atoms with Crippen LogP contribution in [0.4, 0.5) is 5.00 Å². The van der Waals surface area contributed by atoms with Crippen molar-refractivity contribution in [3.8, 4) is 5.75 Å². The van der Waals surface area contributed by atoms with Crippen molar-refractivity contribution >= 4 is 40.0 Å². The van der Waals surface area contributed by atoms with Gasteiger partial charge in [0, 0.05) is 11.4 Å². The Balaban J connectivity index is 1.69. The second kappa shape index (κ2) is 11.8. The molecule has 0 fully saturated rings. The number of rotatable bonds is 11. The molecule has 0 radical (unpaired) electrons. The molecule has 34 heavy (non-hydrogen) atoms. The standard InChI is InChI=1S/C24H28N4O4S2/c1-6-12-28-21(17(5)32-19-11-9-8-10-15(19)3)26-27-24(28)33-14-20(29)25-22-18(13-16(4)34-22)23(30)31-7-2/h6,8-11,13,17H,1,7,12,14H2,2-5H3,(H,25,29). The minimum Gasteiger partial charge on any atom is -0.482 e. The number of ether oxygens (including phenoxy) is 2. The van der Waals surface area contributed by atoms with Crippen LogP contribution >= 0.6 is 23.1 Å². The number of allylic oxidation sites excluding steroid dienone is 1. The zero-order valence-corrected chi connectivity index (χ0v) is 21.3. The number of hydrogen-bond acceptors (Lipinski definition) is 8. The number of aromatic nitrogens is 3. The molecule has 0 saturated heterocycles. The summed E-state index contributed by atoms with van der Waals surface area (Å²) < 4.78 is 13.1. The van der Waals surface area contributed by atoms with Gasteiger partial charge < -0.3 is 14.8 Å². The molecule has 2 aromatic heterocycles. The smallest absolute Gasteiger partial charge is 0.341 e. The van der Waals surface area contributed by atoms with E-state index in [4.69, 9.17) is 9.47 Å². The number of amides is 1.